The van der Waals surface area contributed by atoms with Crippen LogP contribution < -0.4 is 19.5 Å². The number of hydrogen-bond acceptors (Lipinski definition) is 4. The zero-order valence-corrected chi connectivity index (χ0v) is 18.0. The number of benzene rings is 3. The fraction of sp³-hybridized carbons (Fsp3) is 0.280. The Balaban J connectivity index is 1.55. The first-order valence-corrected chi connectivity index (χ1v) is 10.2. The van der Waals surface area contributed by atoms with Crippen LogP contribution in [0.5, 0.6) is 17.2 Å². The van der Waals surface area contributed by atoms with Gasteiger partial charge in [0, 0.05) is 41.4 Å². The van der Waals surface area contributed by atoms with Gasteiger partial charge in [0.05, 0.1) is 21.3 Å². The second kappa shape index (κ2) is 8.67. The van der Waals surface area contributed by atoms with Crippen molar-refractivity contribution in [2.75, 3.05) is 21.3 Å². The molecular weight excluding hydrogens is 376 g/mol. The van der Waals surface area contributed by atoms with Crippen LogP contribution in [0.15, 0.2) is 54.6 Å². The maximum absolute atomic E-state index is 5.45. The molecule has 0 bridgehead atoms. The van der Waals surface area contributed by atoms with Crippen molar-refractivity contribution in [3.63, 3.8) is 0 Å². The molecule has 0 spiro atoms. The molecule has 156 valence electrons. The number of ether oxygens (including phenoxy) is 3. The van der Waals surface area contributed by atoms with Gasteiger partial charge in [-0.15, -0.1) is 0 Å². The predicted octanol–water partition coefficient (Wildman–Crippen LogP) is 5.13. The molecule has 5 heteroatoms. The summed E-state index contributed by atoms with van der Waals surface area (Å²) in [7, 11) is 4.89. The summed E-state index contributed by atoms with van der Waals surface area (Å²) in [6, 6.07) is 19.3. The van der Waals surface area contributed by atoms with Gasteiger partial charge < -0.3 is 24.1 Å². The molecule has 4 aromatic rings. The van der Waals surface area contributed by atoms with Gasteiger partial charge >= 0.3 is 0 Å². The first-order chi connectivity index (χ1) is 14.7. The number of hydrogen-bond donors (Lipinski definition) is 1. The number of rotatable bonds is 8. The van der Waals surface area contributed by atoms with E-state index in [1.165, 1.54) is 27.4 Å². The minimum atomic E-state index is 0.613. The molecule has 0 unspecified atom stereocenters. The van der Waals surface area contributed by atoms with Gasteiger partial charge in [0.15, 0.2) is 11.5 Å². The van der Waals surface area contributed by atoms with Crippen LogP contribution in [0, 0.1) is 0 Å². The second-order valence-corrected chi connectivity index (χ2v) is 7.25. The number of nitrogens with one attached hydrogen (secondary N) is 1. The van der Waals surface area contributed by atoms with E-state index >= 15 is 0 Å². The Morgan fingerprint density at radius 3 is 2.07 bits per heavy atom. The van der Waals surface area contributed by atoms with Crippen molar-refractivity contribution in [1.82, 2.24) is 9.88 Å². The normalized spacial score (nSPS) is 11.2. The third-order valence-corrected chi connectivity index (χ3v) is 5.54. The van der Waals surface area contributed by atoms with Crippen LogP contribution in [0.1, 0.15) is 18.1 Å². The summed E-state index contributed by atoms with van der Waals surface area (Å²) in [5.41, 5.74) is 4.91. The molecular formula is C25H28N2O3. The molecule has 1 aromatic heterocycles. The van der Waals surface area contributed by atoms with Crippen LogP contribution in [-0.4, -0.2) is 25.9 Å². The summed E-state index contributed by atoms with van der Waals surface area (Å²) in [4.78, 5) is 0. The second-order valence-electron chi connectivity index (χ2n) is 7.25. The van der Waals surface area contributed by atoms with E-state index < -0.39 is 0 Å². The smallest absolute Gasteiger partial charge is 0.203 e. The average Bonchev–Trinajstić information content (AvgIpc) is 3.11. The molecule has 0 saturated carbocycles. The first-order valence-electron chi connectivity index (χ1n) is 10.2. The van der Waals surface area contributed by atoms with E-state index in [9.17, 15) is 0 Å². The molecule has 30 heavy (non-hydrogen) atoms. The molecule has 3 aromatic carbocycles. The Bertz CT molecular complexity index is 1150. The molecule has 1 heterocycles. The number of para-hydroxylation sites is 1. The van der Waals surface area contributed by atoms with Gasteiger partial charge in [-0.25, -0.2) is 0 Å². The van der Waals surface area contributed by atoms with E-state index in [-0.39, 0.29) is 0 Å². The summed E-state index contributed by atoms with van der Waals surface area (Å²) in [6.45, 7) is 4.63. The molecule has 5 nitrogen and oxygen atoms in total. The van der Waals surface area contributed by atoms with Crippen LogP contribution >= 0.6 is 0 Å². The number of nitrogens with zero attached hydrogens (tertiary/aromatic N) is 1. The van der Waals surface area contributed by atoms with Crippen LogP contribution in [0.4, 0.5) is 0 Å². The molecule has 0 aliphatic carbocycles. The van der Waals surface area contributed by atoms with E-state index in [1.807, 2.05) is 12.1 Å². The van der Waals surface area contributed by atoms with Crippen LogP contribution in [-0.2, 0) is 19.6 Å². The van der Waals surface area contributed by atoms with Crippen molar-refractivity contribution in [1.29, 1.82) is 0 Å². The van der Waals surface area contributed by atoms with Gasteiger partial charge in [0.25, 0.3) is 0 Å². The summed E-state index contributed by atoms with van der Waals surface area (Å²) in [5, 5.41) is 6.14. The van der Waals surface area contributed by atoms with Crippen LogP contribution in [0.25, 0.3) is 21.8 Å². The van der Waals surface area contributed by atoms with Crippen molar-refractivity contribution in [3.8, 4) is 17.2 Å². The summed E-state index contributed by atoms with van der Waals surface area (Å²) in [5.74, 6) is 1.95. The Hall–Kier alpha value is -3.18. The third-order valence-electron chi connectivity index (χ3n) is 5.54. The van der Waals surface area contributed by atoms with E-state index in [0.29, 0.717) is 23.8 Å². The molecule has 0 aliphatic rings. The van der Waals surface area contributed by atoms with Crippen LogP contribution in [0.2, 0.25) is 0 Å². The fourth-order valence-corrected chi connectivity index (χ4v) is 4.14. The molecule has 0 fully saturated rings. The number of methoxy groups -OCH3 is 3. The third kappa shape index (κ3) is 3.57. The van der Waals surface area contributed by atoms with Gasteiger partial charge in [0.2, 0.25) is 5.75 Å². The largest absolute Gasteiger partial charge is 0.493 e. The van der Waals surface area contributed by atoms with Crippen molar-refractivity contribution >= 4 is 21.8 Å². The Labute approximate surface area is 177 Å². The van der Waals surface area contributed by atoms with Crippen molar-refractivity contribution in [2.24, 2.45) is 0 Å². The monoisotopic (exact) mass is 404 g/mol. The molecule has 0 saturated heterocycles. The molecule has 0 aliphatic heterocycles. The maximum atomic E-state index is 5.45. The van der Waals surface area contributed by atoms with Gasteiger partial charge in [-0.3, -0.25) is 0 Å². The minimum Gasteiger partial charge on any atom is -0.493 e. The van der Waals surface area contributed by atoms with E-state index in [2.05, 4.69) is 59.3 Å². The summed E-state index contributed by atoms with van der Waals surface area (Å²) >= 11 is 0. The van der Waals surface area contributed by atoms with Gasteiger partial charge in [0.1, 0.15) is 0 Å². The van der Waals surface area contributed by atoms with Crippen molar-refractivity contribution in [2.45, 2.75) is 26.6 Å². The SMILES string of the molecule is CCn1c2ccccc2c2cc(CNCc3cc(OC)c(OC)c(OC)c3)ccc21. The van der Waals surface area contributed by atoms with Crippen LogP contribution in [0.3, 0.4) is 0 Å². The quantitative estimate of drug-likeness (QED) is 0.442. The lowest BCUT2D eigenvalue weighted by molar-refractivity contribution is 0.323. The summed E-state index contributed by atoms with van der Waals surface area (Å²) in [6.07, 6.45) is 0. The molecule has 0 radical (unpaired) electrons. The Kier molecular flexibility index (Phi) is 5.81. The minimum absolute atomic E-state index is 0.613. The lowest BCUT2D eigenvalue weighted by atomic mass is 10.1. The predicted molar refractivity (Wildman–Crippen MR) is 122 cm³/mol. The molecule has 4 rings (SSSR count). The maximum Gasteiger partial charge on any atom is 0.203 e. The number of aromatic nitrogens is 1. The Morgan fingerprint density at radius 1 is 0.733 bits per heavy atom. The number of fused-ring (bicyclic) bond motifs is 3. The average molecular weight is 405 g/mol. The number of aryl methyl sites for hydroxylation is 1. The fourth-order valence-electron chi connectivity index (χ4n) is 4.14. The highest BCUT2D eigenvalue weighted by atomic mass is 16.5. The van der Waals surface area contributed by atoms with E-state index in [1.54, 1.807) is 21.3 Å². The molecule has 1 N–H and O–H groups in total. The van der Waals surface area contributed by atoms with Gasteiger partial charge in [-0.2, -0.15) is 0 Å². The molecule has 0 amide bonds. The van der Waals surface area contributed by atoms with Crippen molar-refractivity contribution in [3.05, 3.63) is 65.7 Å². The van der Waals surface area contributed by atoms with Gasteiger partial charge in [-0.05, 0) is 48.4 Å². The lowest BCUT2D eigenvalue weighted by Crippen LogP contribution is -2.13. The zero-order chi connectivity index (χ0) is 21.1. The zero-order valence-electron chi connectivity index (χ0n) is 18.0. The highest BCUT2D eigenvalue weighted by molar-refractivity contribution is 6.08. The first kappa shape index (κ1) is 20.1. The van der Waals surface area contributed by atoms with Gasteiger partial charge in [-0.1, -0.05) is 24.3 Å². The van der Waals surface area contributed by atoms with Crippen molar-refractivity contribution < 1.29 is 14.2 Å². The Morgan fingerprint density at radius 2 is 1.40 bits per heavy atom. The summed E-state index contributed by atoms with van der Waals surface area (Å²) < 4.78 is 18.7. The highest BCUT2D eigenvalue weighted by Crippen LogP contribution is 2.38. The van der Waals surface area contributed by atoms with E-state index in [4.69, 9.17) is 14.2 Å². The topological polar surface area (TPSA) is 44.7 Å². The molecule has 0 atom stereocenters. The van der Waals surface area contributed by atoms with E-state index in [0.717, 1.165) is 18.7 Å². The highest BCUT2D eigenvalue weighted by Gasteiger charge is 2.13. The standard InChI is InChI=1S/C25H28N2O3/c1-5-27-21-9-7-6-8-19(21)20-12-17(10-11-22(20)27)15-26-16-18-13-23(28-2)25(30-4)24(14-18)29-3/h6-14,26H,5,15-16H2,1-4H3. The lowest BCUT2D eigenvalue weighted by Gasteiger charge is -2.14.